The molecule has 0 unspecified atom stereocenters. The van der Waals surface area contributed by atoms with Crippen LogP contribution in [0.5, 0.6) is 11.5 Å². The average molecular weight is 548 g/mol. The number of fused-ring (bicyclic) bond motifs is 1. The molecule has 2 aromatic carbocycles. The molecule has 0 aliphatic carbocycles. The fourth-order valence-electron chi connectivity index (χ4n) is 3.91. The van der Waals surface area contributed by atoms with Crippen LogP contribution in [0.15, 0.2) is 47.8 Å². The summed E-state index contributed by atoms with van der Waals surface area (Å²) < 4.78 is 10.9. The molecule has 2 amide bonds. The third kappa shape index (κ3) is 6.33. The average Bonchev–Trinajstić information content (AvgIpc) is 3.50. The third-order valence-corrected chi connectivity index (χ3v) is 7.77. The molecule has 36 heavy (non-hydrogen) atoms. The molecule has 0 radical (unpaired) electrons. The van der Waals surface area contributed by atoms with Gasteiger partial charge in [-0.15, -0.1) is 11.3 Å². The third-order valence-electron chi connectivity index (χ3n) is 6.03. The number of nitrogens with zero attached hydrogens (tertiary/aromatic N) is 2. The molecule has 1 aliphatic heterocycles. The summed E-state index contributed by atoms with van der Waals surface area (Å²) >= 11 is 13.8. The van der Waals surface area contributed by atoms with Crippen molar-refractivity contribution in [2.24, 2.45) is 0 Å². The van der Waals surface area contributed by atoms with Gasteiger partial charge < -0.3 is 19.3 Å². The van der Waals surface area contributed by atoms with Gasteiger partial charge in [0.25, 0.3) is 5.91 Å². The molecule has 190 valence electrons. The molecule has 0 spiro atoms. The van der Waals surface area contributed by atoms with Crippen LogP contribution in [0.4, 0.5) is 0 Å². The van der Waals surface area contributed by atoms with Gasteiger partial charge in [0.2, 0.25) is 12.7 Å². The second-order valence-corrected chi connectivity index (χ2v) is 10.5. The first-order chi connectivity index (χ1) is 17.4. The van der Waals surface area contributed by atoms with Crippen molar-refractivity contribution in [1.82, 2.24) is 9.80 Å². The standard InChI is InChI=1S/C27H28Cl2N2O4S/c1-3-4-10-30(27(33)20-6-7-21(28)22(29)13-20)16-26(32)31(15-25-18(2)9-11-36-25)14-19-5-8-23-24(12-19)35-17-34-23/h5-9,11-13H,3-4,10,14-17H2,1-2H3. The summed E-state index contributed by atoms with van der Waals surface area (Å²) in [5.74, 6) is 0.992. The zero-order chi connectivity index (χ0) is 25.7. The number of halogens is 2. The molecule has 0 fully saturated rings. The normalized spacial score (nSPS) is 12.0. The Balaban J connectivity index is 1.56. The summed E-state index contributed by atoms with van der Waals surface area (Å²) in [5.41, 5.74) is 2.47. The minimum absolute atomic E-state index is 0.0337. The minimum atomic E-state index is -0.245. The first kappa shape index (κ1) is 26.3. The molecule has 0 atom stereocenters. The number of aryl methyl sites for hydroxylation is 1. The summed E-state index contributed by atoms with van der Waals surface area (Å²) in [4.78, 5) is 31.5. The number of ether oxygens (including phenoxy) is 2. The maximum atomic E-state index is 13.7. The van der Waals surface area contributed by atoms with Gasteiger partial charge in [0.15, 0.2) is 11.5 Å². The quantitative estimate of drug-likeness (QED) is 0.288. The van der Waals surface area contributed by atoms with E-state index in [0.29, 0.717) is 46.7 Å². The van der Waals surface area contributed by atoms with Crippen molar-refractivity contribution in [2.75, 3.05) is 19.9 Å². The van der Waals surface area contributed by atoms with Crippen molar-refractivity contribution in [3.8, 4) is 11.5 Å². The van der Waals surface area contributed by atoms with E-state index in [2.05, 4.69) is 6.92 Å². The Labute approximate surface area is 225 Å². The summed E-state index contributed by atoms with van der Waals surface area (Å²) in [6.45, 7) is 5.56. The lowest BCUT2D eigenvalue weighted by atomic mass is 10.1. The van der Waals surface area contributed by atoms with Gasteiger partial charge in [-0.25, -0.2) is 0 Å². The van der Waals surface area contributed by atoms with Crippen molar-refractivity contribution >= 4 is 46.4 Å². The molecule has 6 nitrogen and oxygen atoms in total. The predicted octanol–water partition coefficient (Wildman–Crippen LogP) is 6.56. The highest BCUT2D eigenvalue weighted by atomic mass is 35.5. The van der Waals surface area contributed by atoms with Gasteiger partial charge in [0.05, 0.1) is 16.6 Å². The summed E-state index contributed by atoms with van der Waals surface area (Å²) in [6.07, 6.45) is 1.68. The molecule has 1 aliphatic rings. The summed E-state index contributed by atoms with van der Waals surface area (Å²) in [7, 11) is 0. The molecule has 9 heteroatoms. The van der Waals surface area contributed by atoms with Gasteiger partial charge in [-0.3, -0.25) is 9.59 Å². The smallest absolute Gasteiger partial charge is 0.254 e. The van der Waals surface area contributed by atoms with Crippen LogP contribution in [0.25, 0.3) is 0 Å². The van der Waals surface area contributed by atoms with Crippen molar-refractivity contribution in [1.29, 1.82) is 0 Å². The molecule has 4 rings (SSSR count). The van der Waals surface area contributed by atoms with Gasteiger partial charge in [-0.05, 0) is 66.2 Å². The van der Waals surface area contributed by atoms with Crippen LogP contribution in [-0.2, 0) is 17.9 Å². The van der Waals surface area contributed by atoms with Crippen LogP contribution >= 0.6 is 34.5 Å². The number of thiophene rings is 1. The van der Waals surface area contributed by atoms with E-state index in [0.717, 1.165) is 28.8 Å². The van der Waals surface area contributed by atoms with Crippen LogP contribution in [0, 0.1) is 6.92 Å². The van der Waals surface area contributed by atoms with Gasteiger partial charge in [0.1, 0.15) is 6.54 Å². The van der Waals surface area contributed by atoms with E-state index >= 15 is 0 Å². The van der Waals surface area contributed by atoms with E-state index in [1.54, 1.807) is 39.3 Å². The van der Waals surface area contributed by atoms with Gasteiger partial charge >= 0.3 is 0 Å². The summed E-state index contributed by atoms with van der Waals surface area (Å²) in [5, 5.41) is 2.71. The lowest BCUT2D eigenvalue weighted by Crippen LogP contribution is -2.43. The second-order valence-electron chi connectivity index (χ2n) is 8.67. The predicted molar refractivity (Wildman–Crippen MR) is 143 cm³/mol. The Morgan fingerprint density at radius 3 is 2.50 bits per heavy atom. The number of carbonyl (C=O) groups is 2. The second kappa shape index (κ2) is 12.0. The first-order valence-corrected chi connectivity index (χ1v) is 13.4. The van der Waals surface area contributed by atoms with Gasteiger partial charge in [-0.2, -0.15) is 0 Å². The SMILES string of the molecule is CCCCN(CC(=O)N(Cc1ccc2c(c1)OCO2)Cc1sccc1C)C(=O)c1ccc(Cl)c(Cl)c1. The molecular formula is C27H28Cl2N2O4S. The zero-order valence-electron chi connectivity index (χ0n) is 20.3. The fourth-order valence-corrected chi connectivity index (χ4v) is 5.13. The fraction of sp³-hybridized carbons (Fsp3) is 0.333. The highest BCUT2D eigenvalue weighted by molar-refractivity contribution is 7.10. The molecule has 0 N–H and O–H groups in total. The lowest BCUT2D eigenvalue weighted by molar-refractivity contribution is -0.133. The van der Waals surface area contributed by atoms with E-state index < -0.39 is 0 Å². The van der Waals surface area contributed by atoms with Crippen LogP contribution in [0.1, 0.15) is 46.1 Å². The van der Waals surface area contributed by atoms with Crippen molar-refractivity contribution < 1.29 is 19.1 Å². The Kier molecular flexibility index (Phi) is 8.77. The number of rotatable bonds is 10. The maximum Gasteiger partial charge on any atom is 0.254 e. The van der Waals surface area contributed by atoms with E-state index in [4.69, 9.17) is 32.7 Å². The minimum Gasteiger partial charge on any atom is -0.454 e. The highest BCUT2D eigenvalue weighted by Gasteiger charge is 2.24. The zero-order valence-corrected chi connectivity index (χ0v) is 22.6. The van der Waals surface area contributed by atoms with Crippen molar-refractivity contribution in [3.63, 3.8) is 0 Å². The van der Waals surface area contributed by atoms with Crippen LogP contribution in [-0.4, -0.2) is 41.5 Å². The Bertz CT molecular complexity index is 1250. The number of hydrogen-bond donors (Lipinski definition) is 0. The first-order valence-electron chi connectivity index (χ1n) is 11.8. The highest BCUT2D eigenvalue weighted by Crippen LogP contribution is 2.33. The Morgan fingerprint density at radius 2 is 1.78 bits per heavy atom. The molecular weight excluding hydrogens is 519 g/mol. The van der Waals surface area contributed by atoms with Crippen molar-refractivity contribution in [3.05, 3.63) is 79.5 Å². The molecule has 2 heterocycles. The van der Waals surface area contributed by atoms with Gasteiger partial charge in [-0.1, -0.05) is 42.6 Å². The van der Waals surface area contributed by atoms with Gasteiger partial charge in [0, 0.05) is 23.5 Å². The number of unbranched alkanes of at least 4 members (excludes halogenated alkanes) is 1. The maximum absolute atomic E-state index is 13.7. The molecule has 0 saturated heterocycles. The topological polar surface area (TPSA) is 59.1 Å². The van der Waals surface area contributed by atoms with E-state index in [1.807, 2.05) is 36.6 Å². The lowest BCUT2D eigenvalue weighted by Gasteiger charge is -2.28. The number of amides is 2. The number of hydrogen-bond acceptors (Lipinski definition) is 5. The Morgan fingerprint density at radius 1 is 0.972 bits per heavy atom. The number of benzene rings is 2. The van der Waals surface area contributed by atoms with E-state index in [-0.39, 0.29) is 25.2 Å². The largest absolute Gasteiger partial charge is 0.454 e. The molecule has 1 aromatic heterocycles. The van der Waals surface area contributed by atoms with Crippen LogP contribution < -0.4 is 9.47 Å². The van der Waals surface area contributed by atoms with E-state index in [9.17, 15) is 9.59 Å². The summed E-state index contributed by atoms with van der Waals surface area (Å²) in [6, 6.07) is 12.5. The van der Waals surface area contributed by atoms with Crippen molar-refractivity contribution in [2.45, 2.75) is 39.8 Å². The monoisotopic (exact) mass is 546 g/mol. The Hall–Kier alpha value is -2.74. The molecule has 0 saturated carbocycles. The number of carbonyl (C=O) groups excluding carboxylic acids is 2. The van der Waals surface area contributed by atoms with Crippen LogP contribution in [0.2, 0.25) is 10.0 Å². The van der Waals surface area contributed by atoms with Crippen LogP contribution in [0.3, 0.4) is 0 Å². The molecule has 3 aromatic rings. The van der Waals surface area contributed by atoms with E-state index in [1.165, 1.54) is 0 Å². The molecule has 0 bridgehead atoms.